The Morgan fingerprint density at radius 2 is 2.31 bits per heavy atom. The average Bonchev–Trinajstić information content (AvgIpc) is 2.76. The van der Waals surface area contributed by atoms with Crippen molar-refractivity contribution in [2.24, 2.45) is 5.92 Å². The van der Waals surface area contributed by atoms with Crippen molar-refractivity contribution in [2.45, 2.75) is 13.0 Å². The topological polar surface area (TPSA) is 91.0 Å². The number of aromatic amines is 1. The van der Waals surface area contributed by atoms with Crippen molar-refractivity contribution in [3.63, 3.8) is 0 Å². The van der Waals surface area contributed by atoms with Gasteiger partial charge in [0.15, 0.2) is 0 Å². The predicted molar refractivity (Wildman–Crippen MR) is 59.4 cm³/mol. The van der Waals surface area contributed by atoms with Gasteiger partial charge in [0, 0.05) is 19.1 Å². The molecule has 2 N–H and O–H groups in total. The fourth-order valence-electron chi connectivity index (χ4n) is 1.83. The maximum atomic E-state index is 11.4. The van der Waals surface area contributed by atoms with Crippen LogP contribution < -0.4 is 5.32 Å². The first-order valence-electron chi connectivity index (χ1n) is 5.04. The molecule has 8 heteroatoms. The highest BCUT2D eigenvalue weighted by Crippen LogP contribution is 2.21. The molecule has 2 unspecified atom stereocenters. The molecule has 1 fully saturated rings. The van der Waals surface area contributed by atoms with E-state index in [1.165, 1.54) is 16.9 Å². The number of rotatable bonds is 3. The first kappa shape index (κ1) is 11.3. The highest BCUT2D eigenvalue weighted by atomic mass is 32.2. The van der Waals surface area contributed by atoms with E-state index in [4.69, 9.17) is 0 Å². The zero-order chi connectivity index (χ0) is 11.8. The molecule has 1 saturated heterocycles. The van der Waals surface area contributed by atoms with Crippen molar-refractivity contribution in [2.75, 3.05) is 24.7 Å². The quantitative estimate of drug-likeness (QED) is 0.749. The number of sulfonamides is 1. The molecule has 16 heavy (non-hydrogen) atoms. The third-order valence-corrected chi connectivity index (χ3v) is 4.02. The molecule has 1 aromatic rings. The zero-order valence-electron chi connectivity index (χ0n) is 9.21. The SMILES string of the molecule is CC1CN(S(C)(=O)=O)CC1Nc1ncn[nH]1. The van der Waals surface area contributed by atoms with Crippen LogP contribution in [0.15, 0.2) is 6.33 Å². The van der Waals surface area contributed by atoms with Crippen LogP contribution in [-0.2, 0) is 10.0 Å². The molecule has 0 spiro atoms. The second-order valence-electron chi connectivity index (χ2n) is 4.14. The first-order chi connectivity index (χ1) is 7.47. The molecule has 7 nitrogen and oxygen atoms in total. The third-order valence-electron chi connectivity index (χ3n) is 2.78. The van der Waals surface area contributed by atoms with E-state index in [0.29, 0.717) is 19.0 Å². The van der Waals surface area contributed by atoms with Crippen LogP contribution in [0.1, 0.15) is 6.92 Å². The molecule has 0 saturated carbocycles. The van der Waals surface area contributed by atoms with Gasteiger partial charge in [0.05, 0.1) is 6.26 Å². The second kappa shape index (κ2) is 4.02. The molecule has 0 radical (unpaired) electrons. The van der Waals surface area contributed by atoms with Crippen LogP contribution in [0.25, 0.3) is 0 Å². The molecule has 0 bridgehead atoms. The van der Waals surface area contributed by atoms with Crippen molar-refractivity contribution < 1.29 is 8.42 Å². The molecule has 2 heterocycles. The number of anilines is 1. The summed E-state index contributed by atoms with van der Waals surface area (Å²) in [5.74, 6) is 0.826. The highest BCUT2D eigenvalue weighted by Gasteiger charge is 2.34. The summed E-state index contributed by atoms with van der Waals surface area (Å²) in [7, 11) is -3.10. The van der Waals surface area contributed by atoms with E-state index in [0.717, 1.165) is 0 Å². The van der Waals surface area contributed by atoms with Crippen molar-refractivity contribution in [3.05, 3.63) is 6.33 Å². The number of aromatic nitrogens is 3. The fourth-order valence-corrected chi connectivity index (χ4v) is 2.77. The number of hydrogen-bond acceptors (Lipinski definition) is 5. The van der Waals surface area contributed by atoms with Crippen molar-refractivity contribution in [1.82, 2.24) is 19.5 Å². The molecule has 1 aromatic heterocycles. The number of nitrogens with zero attached hydrogens (tertiary/aromatic N) is 3. The lowest BCUT2D eigenvalue weighted by Crippen LogP contribution is -2.31. The van der Waals surface area contributed by atoms with E-state index in [-0.39, 0.29) is 12.0 Å². The van der Waals surface area contributed by atoms with Crippen molar-refractivity contribution in [1.29, 1.82) is 0 Å². The lowest BCUT2D eigenvalue weighted by molar-refractivity contribution is 0.469. The Bertz CT molecular complexity index is 443. The van der Waals surface area contributed by atoms with Gasteiger partial charge in [-0.15, -0.1) is 0 Å². The minimum Gasteiger partial charge on any atom is -0.350 e. The van der Waals surface area contributed by atoms with E-state index in [1.54, 1.807) is 0 Å². The smallest absolute Gasteiger partial charge is 0.218 e. The van der Waals surface area contributed by atoms with Crippen LogP contribution in [-0.4, -0.2) is 53.3 Å². The van der Waals surface area contributed by atoms with Gasteiger partial charge < -0.3 is 5.32 Å². The summed E-state index contributed by atoms with van der Waals surface area (Å²) < 4.78 is 24.3. The van der Waals surface area contributed by atoms with Gasteiger partial charge in [-0.1, -0.05) is 6.92 Å². The molecule has 0 aliphatic carbocycles. The summed E-state index contributed by atoms with van der Waals surface area (Å²) in [5.41, 5.74) is 0. The van der Waals surface area contributed by atoms with Crippen molar-refractivity contribution >= 4 is 16.0 Å². The molecule has 90 valence electrons. The normalized spacial score (nSPS) is 27.1. The maximum absolute atomic E-state index is 11.4. The largest absolute Gasteiger partial charge is 0.350 e. The minimum atomic E-state index is -3.10. The molecule has 0 amide bonds. The Morgan fingerprint density at radius 1 is 1.56 bits per heavy atom. The maximum Gasteiger partial charge on any atom is 0.218 e. The minimum absolute atomic E-state index is 0.0719. The number of hydrogen-bond donors (Lipinski definition) is 2. The van der Waals surface area contributed by atoms with E-state index in [2.05, 4.69) is 20.5 Å². The molecular formula is C8H15N5O2S. The van der Waals surface area contributed by atoms with Crippen LogP contribution >= 0.6 is 0 Å². The molecule has 1 aliphatic heterocycles. The summed E-state index contributed by atoms with van der Waals surface area (Å²) in [4.78, 5) is 3.96. The monoisotopic (exact) mass is 245 g/mol. The number of nitrogens with one attached hydrogen (secondary N) is 2. The van der Waals surface area contributed by atoms with Crippen molar-refractivity contribution in [3.8, 4) is 0 Å². The summed E-state index contributed by atoms with van der Waals surface area (Å²) in [6.07, 6.45) is 2.65. The van der Waals surface area contributed by atoms with E-state index in [9.17, 15) is 8.42 Å². The average molecular weight is 245 g/mol. The van der Waals surface area contributed by atoms with Gasteiger partial charge in [-0.25, -0.2) is 18.5 Å². The lowest BCUT2D eigenvalue weighted by atomic mass is 10.1. The van der Waals surface area contributed by atoms with E-state index >= 15 is 0 Å². The Balaban J connectivity index is 2.03. The predicted octanol–water partition coefficient (Wildman–Crippen LogP) is -0.503. The second-order valence-corrected chi connectivity index (χ2v) is 6.12. The summed E-state index contributed by atoms with van der Waals surface area (Å²) in [5, 5.41) is 9.56. The Kier molecular flexibility index (Phi) is 2.85. The molecule has 0 aromatic carbocycles. The first-order valence-corrected chi connectivity index (χ1v) is 6.88. The molecule has 2 atom stereocenters. The zero-order valence-corrected chi connectivity index (χ0v) is 10.0. The Hall–Kier alpha value is -1.15. The molecular weight excluding hydrogens is 230 g/mol. The number of H-pyrrole nitrogens is 1. The van der Waals surface area contributed by atoms with Gasteiger partial charge in [0.25, 0.3) is 0 Å². The van der Waals surface area contributed by atoms with Gasteiger partial charge >= 0.3 is 0 Å². The standard InChI is InChI=1S/C8H15N5O2S/c1-6-3-13(16(2,14)15)4-7(6)11-8-9-5-10-12-8/h5-7H,3-4H2,1-2H3,(H2,9,10,11,12). The van der Waals surface area contributed by atoms with E-state index in [1.807, 2.05) is 6.92 Å². The highest BCUT2D eigenvalue weighted by molar-refractivity contribution is 7.88. The Morgan fingerprint density at radius 3 is 2.81 bits per heavy atom. The molecule has 1 aliphatic rings. The fraction of sp³-hybridized carbons (Fsp3) is 0.750. The van der Waals surface area contributed by atoms with Gasteiger partial charge in [0.1, 0.15) is 6.33 Å². The Labute approximate surface area is 94.3 Å². The summed E-state index contributed by atoms with van der Waals surface area (Å²) >= 11 is 0. The van der Waals surface area contributed by atoms with Gasteiger partial charge in [-0.2, -0.15) is 9.40 Å². The van der Waals surface area contributed by atoms with Gasteiger partial charge in [0.2, 0.25) is 16.0 Å². The van der Waals surface area contributed by atoms with Gasteiger partial charge in [-0.3, -0.25) is 0 Å². The third kappa shape index (κ3) is 2.33. The van der Waals surface area contributed by atoms with Crippen LogP contribution in [0, 0.1) is 5.92 Å². The van der Waals surface area contributed by atoms with Crippen LogP contribution in [0.4, 0.5) is 5.95 Å². The summed E-state index contributed by atoms with van der Waals surface area (Å²) in [6.45, 7) is 3.03. The van der Waals surface area contributed by atoms with Crippen LogP contribution in [0.3, 0.4) is 0 Å². The van der Waals surface area contributed by atoms with Gasteiger partial charge in [-0.05, 0) is 5.92 Å². The van der Waals surface area contributed by atoms with Crippen LogP contribution in [0.5, 0.6) is 0 Å². The summed E-state index contributed by atoms with van der Waals surface area (Å²) in [6, 6.07) is 0.0719. The molecule has 2 rings (SSSR count). The van der Waals surface area contributed by atoms with Crippen LogP contribution in [0.2, 0.25) is 0 Å². The lowest BCUT2D eigenvalue weighted by Gasteiger charge is -2.15. The van der Waals surface area contributed by atoms with E-state index < -0.39 is 10.0 Å².